The van der Waals surface area contributed by atoms with Crippen molar-refractivity contribution < 1.29 is 4.79 Å². The first kappa shape index (κ1) is 23.9. The topological polar surface area (TPSA) is 36.4 Å². The van der Waals surface area contributed by atoms with Gasteiger partial charge in [-0.05, 0) is 82.4 Å². The minimum atomic E-state index is -0.159. The van der Waals surface area contributed by atoms with Crippen LogP contribution in [0.15, 0.2) is 30.3 Å². The Kier molecular flexibility index (Phi) is 8.32. The average molecular weight is 473 g/mol. The second-order valence-corrected chi connectivity index (χ2v) is 8.99. The van der Waals surface area contributed by atoms with E-state index in [-0.39, 0.29) is 18.3 Å². The summed E-state index contributed by atoms with van der Waals surface area (Å²) in [6.45, 7) is 5.60. The highest BCUT2D eigenvalue weighted by Gasteiger charge is 2.23. The van der Waals surface area contributed by atoms with Gasteiger partial charge in [-0.2, -0.15) is 0 Å². The van der Waals surface area contributed by atoms with E-state index < -0.39 is 0 Å². The summed E-state index contributed by atoms with van der Waals surface area (Å²) in [6.07, 6.45) is 0.831. The van der Waals surface area contributed by atoms with Crippen LogP contribution in [0.2, 0.25) is 10.0 Å². The van der Waals surface area contributed by atoms with Crippen LogP contribution in [0.25, 0.3) is 10.2 Å². The molecule has 4 nitrogen and oxygen atoms in total. The van der Waals surface area contributed by atoms with Crippen molar-refractivity contribution in [2.24, 2.45) is 0 Å². The quantitative estimate of drug-likeness (QED) is 0.426. The number of aromatic nitrogens is 1. The number of anilines is 1. The summed E-state index contributed by atoms with van der Waals surface area (Å²) in [4.78, 5) is 21.9. The van der Waals surface area contributed by atoms with E-state index in [0.29, 0.717) is 27.3 Å². The number of rotatable bonds is 6. The third kappa shape index (κ3) is 5.62. The van der Waals surface area contributed by atoms with E-state index in [1.165, 1.54) is 22.5 Å². The number of fused-ring (bicyclic) bond motifs is 1. The summed E-state index contributed by atoms with van der Waals surface area (Å²) in [6, 6.07) is 9.16. The normalized spacial score (nSPS) is 11.0. The molecule has 0 fully saturated rings. The monoisotopic (exact) mass is 471 g/mol. The van der Waals surface area contributed by atoms with Gasteiger partial charge in [-0.25, -0.2) is 4.98 Å². The molecule has 3 rings (SSSR count). The molecule has 0 bridgehead atoms. The Morgan fingerprint density at radius 1 is 1.07 bits per heavy atom. The molecule has 1 amide bonds. The smallest absolute Gasteiger partial charge is 0.261 e. The van der Waals surface area contributed by atoms with Crippen LogP contribution in [0.5, 0.6) is 0 Å². The van der Waals surface area contributed by atoms with Crippen LogP contribution in [0, 0.1) is 13.8 Å². The lowest BCUT2D eigenvalue weighted by Crippen LogP contribution is -2.33. The lowest BCUT2D eigenvalue weighted by atomic mass is 10.1. The first-order valence-corrected chi connectivity index (χ1v) is 10.6. The van der Waals surface area contributed by atoms with Crippen LogP contribution in [-0.4, -0.2) is 43.0 Å². The van der Waals surface area contributed by atoms with Gasteiger partial charge in [0.15, 0.2) is 5.13 Å². The average Bonchev–Trinajstić information content (AvgIpc) is 3.00. The summed E-state index contributed by atoms with van der Waals surface area (Å²) in [5, 5.41) is 1.55. The molecule has 0 spiro atoms. The molecular weight excluding hydrogens is 449 g/mol. The highest BCUT2D eigenvalue weighted by atomic mass is 35.5. The number of thiazole rings is 1. The van der Waals surface area contributed by atoms with Gasteiger partial charge in [0.25, 0.3) is 5.91 Å². The summed E-state index contributed by atoms with van der Waals surface area (Å²) in [5.41, 5.74) is 3.75. The van der Waals surface area contributed by atoms with E-state index in [1.54, 1.807) is 23.1 Å². The molecule has 156 valence electrons. The van der Waals surface area contributed by atoms with Crippen LogP contribution >= 0.6 is 46.9 Å². The zero-order valence-corrected chi connectivity index (χ0v) is 20.0. The van der Waals surface area contributed by atoms with E-state index in [1.807, 2.05) is 14.1 Å². The van der Waals surface area contributed by atoms with E-state index in [0.717, 1.165) is 23.2 Å². The fraction of sp³-hybridized carbons (Fsp3) is 0.333. The molecule has 0 aliphatic carbocycles. The largest absolute Gasteiger partial charge is 0.309 e. The molecule has 1 heterocycles. The van der Waals surface area contributed by atoms with Crippen molar-refractivity contribution in [2.75, 3.05) is 32.1 Å². The maximum Gasteiger partial charge on any atom is 0.261 e. The number of carbonyl (C=O) groups excluding carboxylic acids is 1. The standard InChI is InChI=1S/C21H23Cl2N3OS.ClH/c1-13-10-18-19(11-14(13)2)28-21(24-18)26(9-5-8-25(3)4)20(27)16-7-6-15(22)12-17(16)23;/h6-7,10-12H,5,8-9H2,1-4H3;1H. The third-order valence-corrected chi connectivity index (χ3v) is 6.21. The first-order valence-electron chi connectivity index (χ1n) is 9.05. The first-order chi connectivity index (χ1) is 13.3. The van der Waals surface area contributed by atoms with Gasteiger partial charge in [0.1, 0.15) is 0 Å². The van der Waals surface area contributed by atoms with Gasteiger partial charge in [0.2, 0.25) is 0 Å². The van der Waals surface area contributed by atoms with Crippen LogP contribution in [-0.2, 0) is 0 Å². The van der Waals surface area contributed by atoms with Gasteiger partial charge >= 0.3 is 0 Å². The Bertz CT molecular complexity index is 981. The molecule has 0 aliphatic rings. The molecule has 0 radical (unpaired) electrons. The number of hydrogen-bond donors (Lipinski definition) is 0. The van der Waals surface area contributed by atoms with Crippen molar-refractivity contribution in [1.82, 2.24) is 9.88 Å². The number of nitrogens with zero attached hydrogens (tertiary/aromatic N) is 3. The minimum absolute atomic E-state index is 0. The second kappa shape index (κ2) is 10.1. The molecule has 0 N–H and O–H groups in total. The molecule has 0 saturated heterocycles. The Morgan fingerprint density at radius 2 is 1.76 bits per heavy atom. The Balaban J connectivity index is 0.00000300. The molecule has 0 atom stereocenters. The molecule has 8 heteroatoms. The van der Waals surface area contributed by atoms with Gasteiger partial charge < -0.3 is 4.90 Å². The fourth-order valence-corrected chi connectivity index (χ4v) is 4.48. The molecule has 0 aliphatic heterocycles. The van der Waals surface area contributed by atoms with Crippen LogP contribution in [0.1, 0.15) is 27.9 Å². The molecule has 3 aromatic rings. The SMILES string of the molecule is Cc1cc2nc(N(CCCN(C)C)C(=O)c3ccc(Cl)cc3Cl)sc2cc1C.Cl. The van der Waals surface area contributed by atoms with Crippen molar-refractivity contribution in [1.29, 1.82) is 0 Å². The summed E-state index contributed by atoms with van der Waals surface area (Å²) >= 11 is 13.8. The lowest BCUT2D eigenvalue weighted by molar-refractivity contribution is 0.0986. The number of carbonyl (C=O) groups is 1. The predicted octanol–water partition coefficient (Wildman–Crippen LogP) is 6.24. The van der Waals surface area contributed by atoms with Crippen molar-refractivity contribution in [3.8, 4) is 0 Å². The van der Waals surface area contributed by atoms with Gasteiger partial charge in [-0.15, -0.1) is 12.4 Å². The maximum atomic E-state index is 13.3. The van der Waals surface area contributed by atoms with Gasteiger partial charge in [0, 0.05) is 11.6 Å². The fourth-order valence-electron chi connectivity index (χ4n) is 2.92. The van der Waals surface area contributed by atoms with Gasteiger partial charge in [-0.1, -0.05) is 34.5 Å². The predicted molar refractivity (Wildman–Crippen MR) is 128 cm³/mol. The number of aryl methyl sites for hydroxylation is 2. The van der Waals surface area contributed by atoms with Crippen molar-refractivity contribution in [3.63, 3.8) is 0 Å². The number of amides is 1. The summed E-state index contributed by atoms with van der Waals surface area (Å²) in [5.74, 6) is -0.159. The molecule has 1 aromatic heterocycles. The highest BCUT2D eigenvalue weighted by molar-refractivity contribution is 7.22. The third-order valence-electron chi connectivity index (χ3n) is 4.62. The number of benzene rings is 2. The number of halogens is 3. The molecule has 29 heavy (non-hydrogen) atoms. The molecular formula is C21H24Cl3N3OS. The van der Waals surface area contributed by atoms with Crippen molar-refractivity contribution >= 4 is 68.2 Å². The van der Waals surface area contributed by atoms with E-state index in [2.05, 4.69) is 30.9 Å². The molecule has 0 saturated carbocycles. The van der Waals surface area contributed by atoms with Crippen LogP contribution < -0.4 is 4.90 Å². The van der Waals surface area contributed by atoms with E-state index in [4.69, 9.17) is 28.2 Å². The van der Waals surface area contributed by atoms with E-state index in [9.17, 15) is 4.79 Å². The van der Waals surface area contributed by atoms with Crippen molar-refractivity contribution in [3.05, 3.63) is 57.1 Å². The maximum absolute atomic E-state index is 13.3. The van der Waals surface area contributed by atoms with Crippen molar-refractivity contribution in [2.45, 2.75) is 20.3 Å². The van der Waals surface area contributed by atoms with Crippen LogP contribution in [0.4, 0.5) is 5.13 Å². The highest BCUT2D eigenvalue weighted by Crippen LogP contribution is 2.32. The van der Waals surface area contributed by atoms with Crippen LogP contribution in [0.3, 0.4) is 0 Å². The number of hydrogen-bond acceptors (Lipinski definition) is 4. The summed E-state index contributed by atoms with van der Waals surface area (Å²) < 4.78 is 1.07. The zero-order valence-electron chi connectivity index (χ0n) is 16.8. The second-order valence-electron chi connectivity index (χ2n) is 7.14. The van der Waals surface area contributed by atoms with E-state index >= 15 is 0 Å². The Morgan fingerprint density at radius 3 is 2.41 bits per heavy atom. The minimum Gasteiger partial charge on any atom is -0.309 e. The van der Waals surface area contributed by atoms with Gasteiger partial charge in [0.05, 0.1) is 20.8 Å². The zero-order chi connectivity index (χ0) is 20.4. The lowest BCUT2D eigenvalue weighted by Gasteiger charge is -2.21. The van der Waals surface area contributed by atoms with Gasteiger partial charge in [-0.3, -0.25) is 9.69 Å². The Hall–Kier alpha value is -1.37. The Labute approximate surface area is 191 Å². The molecule has 2 aromatic carbocycles. The summed E-state index contributed by atoms with van der Waals surface area (Å²) in [7, 11) is 4.04. The molecule has 0 unspecified atom stereocenters.